The van der Waals surface area contributed by atoms with Crippen molar-refractivity contribution in [3.8, 4) is 5.75 Å². The van der Waals surface area contributed by atoms with Gasteiger partial charge in [0.25, 0.3) is 0 Å². The Hall–Kier alpha value is -2.11. The van der Waals surface area contributed by atoms with Crippen LogP contribution < -0.4 is 4.74 Å². The number of benzene rings is 2. The summed E-state index contributed by atoms with van der Waals surface area (Å²) in [7, 11) is -3.24. The molecular formula is C47H78O4S. The van der Waals surface area contributed by atoms with Gasteiger partial charge >= 0.3 is 0 Å². The van der Waals surface area contributed by atoms with Gasteiger partial charge in [0, 0.05) is 6.61 Å². The molecule has 0 aliphatic carbocycles. The number of aliphatic hydroxyl groups excluding tert-OH is 1. The summed E-state index contributed by atoms with van der Waals surface area (Å²) in [6.07, 6.45) is 41.5. The fourth-order valence-corrected chi connectivity index (χ4v) is 8.33. The summed E-state index contributed by atoms with van der Waals surface area (Å²) in [4.78, 5) is 0.412. The monoisotopic (exact) mass is 739 g/mol. The van der Waals surface area contributed by atoms with E-state index in [0.29, 0.717) is 11.3 Å². The summed E-state index contributed by atoms with van der Waals surface area (Å²) in [6.45, 7) is 3.36. The molecule has 0 saturated carbocycles. The number of ether oxygens (including phenoxy) is 1. The van der Waals surface area contributed by atoms with E-state index in [1.54, 1.807) is 12.1 Å². The topological polar surface area (TPSA) is 63.6 Å². The molecule has 52 heavy (non-hydrogen) atoms. The summed E-state index contributed by atoms with van der Waals surface area (Å²) in [6, 6.07) is 15.4. The maximum atomic E-state index is 12.8. The fourth-order valence-electron chi connectivity index (χ4n) is 6.96. The van der Waals surface area contributed by atoms with Gasteiger partial charge in [-0.25, -0.2) is 8.42 Å². The Labute approximate surface area is 321 Å². The van der Waals surface area contributed by atoms with Gasteiger partial charge in [-0.2, -0.15) is 0 Å². The third-order valence-electron chi connectivity index (χ3n) is 10.4. The molecule has 0 spiro atoms. The molecule has 2 aromatic rings. The van der Waals surface area contributed by atoms with Crippen molar-refractivity contribution >= 4 is 22.0 Å². The number of aliphatic hydroxyl groups is 1. The van der Waals surface area contributed by atoms with E-state index in [1.165, 1.54) is 141 Å². The molecule has 0 saturated heterocycles. The van der Waals surface area contributed by atoms with E-state index in [2.05, 4.69) is 25.1 Å². The van der Waals surface area contributed by atoms with E-state index in [1.807, 2.05) is 30.3 Å². The second-order valence-corrected chi connectivity index (χ2v) is 17.4. The predicted octanol–water partition coefficient (Wildman–Crippen LogP) is 14.3. The second kappa shape index (κ2) is 32.3. The Morgan fingerprint density at radius 3 is 1.21 bits per heavy atom. The lowest BCUT2D eigenvalue weighted by molar-refractivity contribution is 0.282. The van der Waals surface area contributed by atoms with Gasteiger partial charge in [0.05, 0.1) is 17.3 Å². The van der Waals surface area contributed by atoms with Crippen LogP contribution in [0.1, 0.15) is 204 Å². The fraction of sp³-hybridized carbons (Fsp3) is 0.702. The third kappa shape index (κ3) is 25.0. The van der Waals surface area contributed by atoms with Gasteiger partial charge in [-0.05, 0) is 54.7 Å². The van der Waals surface area contributed by atoms with Crippen LogP contribution in [0.15, 0.2) is 53.4 Å². The van der Waals surface area contributed by atoms with E-state index in [0.717, 1.165) is 62.0 Å². The first-order chi connectivity index (χ1) is 25.5. The van der Waals surface area contributed by atoms with Gasteiger partial charge < -0.3 is 9.84 Å². The standard InChI is InChI=1S/C47H78O4S/c1-2-3-4-5-6-7-8-9-10-11-12-13-14-15-16-17-20-23-26-29-42-51-46-37-33-44(34-38-46)31-32-45-35-39-47(40-36-45)52(49,50)43-30-27-24-21-18-19-22-25-28-41-48/h31-40,48H,2-30,41-43H2,1H3. The Morgan fingerprint density at radius 1 is 0.462 bits per heavy atom. The van der Waals surface area contributed by atoms with Crippen molar-refractivity contribution in [2.24, 2.45) is 0 Å². The third-order valence-corrected chi connectivity index (χ3v) is 12.2. The zero-order valence-corrected chi connectivity index (χ0v) is 34.3. The van der Waals surface area contributed by atoms with Crippen LogP contribution in [0.3, 0.4) is 0 Å². The van der Waals surface area contributed by atoms with Gasteiger partial charge in [0.2, 0.25) is 0 Å². The van der Waals surface area contributed by atoms with Crippen molar-refractivity contribution in [3.05, 3.63) is 59.7 Å². The number of hydrogen-bond donors (Lipinski definition) is 1. The predicted molar refractivity (Wildman–Crippen MR) is 226 cm³/mol. The van der Waals surface area contributed by atoms with Crippen molar-refractivity contribution in [1.82, 2.24) is 0 Å². The normalized spacial score (nSPS) is 11.9. The molecule has 4 nitrogen and oxygen atoms in total. The van der Waals surface area contributed by atoms with E-state index in [-0.39, 0.29) is 12.4 Å². The molecule has 0 atom stereocenters. The molecule has 296 valence electrons. The molecule has 0 unspecified atom stereocenters. The van der Waals surface area contributed by atoms with Crippen LogP contribution in [0.25, 0.3) is 12.2 Å². The molecule has 0 heterocycles. The zero-order chi connectivity index (χ0) is 37.2. The molecule has 0 amide bonds. The van der Waals surface area contributed by atoms with Crippen molar-refractivity contribution in [2.45, 2.75) is 198 Å². The largest absolute Gasteiger partial charge is 0.494 e. The van der Waals surface area contributed by atoms with Crippen molar-refractivity contribution < 1.29 is 18.3 Å². The Morgan fingerprint density at radius 2 is 0.808 bits per heavy atom. The summed E-state index contributed by atoms with van der Waals surface area (Å²) >= 11 is 0. The maximum Gasteiger partial charge on any atom is 0.178 e. The summed E-state index contributed by atoms with van der Waals surface area (Å²) in [5, 5.41) is 8.83. The minimum atomic E-state index is -3.24. The molecule has 0 bridgehead atoms. The number of rotatable bonds is 36. The summed E-state index contributed by atoms with van der Waals surface area (Å²) in [5.74, 6) is 1.13. The first kappa shape index (κ1) is 46.0. The van der Waals surface area contributed by atoms with Gasteiger partial charge in [0.15, 0.2) is 9.84 Å². The van der Waals surface area contributed by atoms with E-state index < -0.39 is 9.84 Å². The first-order valence-electron chi connectivity index (χ1n) is 21.9. The Balaban J connectivity index is 1.44. The van der Waals surface area contributed by atoms with Crippen LogP contribution in [0, 0.1) is 0 Å². The van der Waals surface area contributed by atoms with Gasteiger partial charge in [-0.1, -0.05) is 210 Å². The number of unbranched alkanes of at least 4 members (excludes halogenated alkanes) is 27. The maximum absolute atomic E-state index is 12.8. The second-order valence-electron chi connectivity index (χ2n) is 15.3. The Kier molecular flexibility index (Phi) is 28.6. The number of sulfone groups is 1. The molecule has 0 aromatic heterocycles. The highest BCUT2D eigenvalue weighted by atomic mass is 32.2. The smallest absolute Gasteiger partial charge is 0.178 e. The molecule has 2 aromatic carbocycles. The number of hydrogen-bond acceptors (Lipinski definition) is 4. The van der Waals surface area contributed by atoms with Crippen molar-refractivity contribution in [1.29, 1.82) is 0 Å². The molecular weight excluding hydrogens is 661 g/mol. The van der Waals surface area contributed by atoms with E-state index in [9.17, 15) is 8.42 Å². The van der Waals surface area contributed by atoms with Crippen molar-refractivity contribution in [2.75, 3.05) is 19.0 Å². The Bertz CT molecular complexity index is 1200. The molecule has 0 aliphatic rings. The van der Waals surface area contributed by atoms with Crippen LogP contribution in [0.2, 0.25) is 0 Å². The lowest BCUT2D eigenvalue weighted by atomic mass is 10.0. The minimum Gasteiger partial charge on any atom is -0.494 e. The van der Waals surface area contributed by atoms with E-state index >= 15 is 0 Å². The van der Waals surface area contributed by atoms with Gasteiger partial charge in [-0.3, -0.25) is 0 Å². The van der Waals surface area contributed by atoms with Crippen LogP contribution >= 0.6 is 0 Å². The molecule has 5 heteroatoms. The highest BCUT2D eigenvalue weighted by Gasteiger charge is 2.13. The van der Waals surface area contributed by atoms with Crippen LogP contribution in [-0.4, -0.2) is 32.5 Å². The molecule has 0 radical (unpaired) electrons. The highest BCUT2D eigenvalue weighted by molar-refractivity contribution is 7.91. The van der Waals surface area contributed by atoms with Crippen LogP contribution in [0.5, 0.6) is 5.75 Å². The van der Waals surface area contributed by atoms with Crippen LogP contribution in [0.4, 0.5) is 0 Å². The summed E-state index contributed by atoms with van der Waals surface area (Å²) < 4.78 is 31.6. The average Bonchev–Trinajstić information content (AvgIpc) is 3.16. The lowest BCUT2D eigenvalue weighted by Gasteiger charge is -2.07. The quantitative estimate of drug-likeness (QED) is 0.0558. The van der Waals surface area contributed by atoms with Crippen molar-refractivity contribution in [3.63, 3.8) is 0 Å². The first-order valence-corrected chi connectivity index (χ1v) is 23.5. The molecule has 1 N–H and O–H groups in total. The summed E-state index contributed by atoms with van der Waals surface area (Å²) in [5.41, 5.74) is 2.07. The molecule has 0 aliphatic heterocycles. The minimum absolute atomic E-state index is 0.215. The SMILES string of the molecule is CCCCCCCCCCCCCCCCCCCCCCOc1ccc(C=Cc2ccc(S(=O)(=O)CCCCCCCCCCCO)cc2)cc1. The van der Waals surface area contributed by atoms with Gasteiger partial charge in [-0.15, -0.1) is 0 Å². The molecule has 2 rings (SSSR count). The average molecular weight is 739 g/mol. The molecule has 0 fully saturated rings. The van der Waals surface area contributed by atoms with Crippen LogP contribution in [-0.2, 0) is 9.84 Å². The lowest BCUT2D eigenvalue weighted by Crippen LogP contribution is -2.06. The van der Waals surface area contributed by atoms with E-state index in [4.69, 9.17) is 9.84 Å². The van der Waals surface area contributed by atoms with Gasteiger partial charge in [0.1, 0.15) is 5.75 Å². The highest BCUT2D eigenvalue weighted by Crippen LogP contribution is 2.20. The zero-order valence-electron chi connectivity index (χ0n) is 33.5.